The second-order valence-electron chi connectivity index (χ2n) is 13.3. The van der Waals surface area contributed by atoms with Crippen molar-refractivity contribution in [3.05, 3.63) is 41.2 Å². The molecular weight excluding hydrogens is 580 g/mol. The molecule has 3 aliphatic heterocycles. The molecule has 3 saturated heterocycles. The van der Waals surface area contributed by atoms with Gasteiger partial charge in [0.1, 0.15) is 11.4 Å². The number of carbonyl (C=O) groups excluding carboxylic acids is 1. The Labute approximate surface area is 271 Å². The molecule has 3 aromatic rings. The van der Waals surface area contributed by atoms with Crippen LogP contribution in [0.25, 0.3) is 11.4 Å². The number of H-pyrrole nitrogens is 1. The zero-order chi connectivity index (χ0) is 31.6. The van der Waals surface area contributed by atoms with Gasteiger partial charge in [-0.3, -0.25) is 19.7 Å². The summed E-state index contributed by atoms with van der Waals surface area (Å²) in [6, 6.07) is 10.1. The van der Waals surface area contributed by atoms with Gasteiger partial charge in [0.15, 0.2) is 17.3 Å². The fraction of sp³-hybridized carbons (Fsp3) is 0.588. The van der Waals surface area contributed by atoms with Crippen molar-refractivity contribution in [2.24, 2.45) is 5.73 Å². The van der Waals surface area contributed by atoms with Crippen molar-refractivity contribution in [3.63, 3.8) is 0 Å². The molecule has 1 aromatic carbocycles. The summed E-state index contributed by atoms with van der Waals surface area (Å²) in [4.78, 5) is 30.3. The lowest BCUT2D eigenvalue weighted by molar-refractivity contribution is 0.0809. The summed E-state index contributed by atoms with van der Waals surface area (Å²) in [5.41, 5.74) is 11.3. The molecule has 7 rings (SSSR count). The Morgan fingerprint density at radius 2 is 1.63 bits per heavy atom. The van der Waals surface area contributed by atoms with Gasteiger partial charge in [-0.2, -0.15) is 5.10 Å². The topological polar surface area (TPSA) is 141 Å². The molecule has 5 heterocycles. The number of aryl methyl sites for hydroxylation is 2. The predicted molar refractivity (Wildman–Crippen MR) is 181 cm³/mol. The first-order valence-electron chi connectivity index (χ1n) is 17.2. The average molecular weight is 629 g/mol. The number of piperidine rings is 1. The van der Waals surface area contributed by atoms with Gasteiger partial charge in [-0.1, -0.05) is 6.92 Å². The molecule has 0 spiro atoms. The van der Waals surface area contributed by atoms with Crippen LogP contribution in [-0.2, 0) is 11.2 Å². The van der Waals surface area contributed by atoms with E-state index in [2.05, 4.69) is 60.7 Å². The lowest BCUT2D eigenvalue weighted by Crippen LogP contribution is -2.53. The van der Waals surface area contributed by atoms with E-state index in [1.807, 2.05) is 13.0 Å². The number of benzene rings is 1. The van der Waals surface area contributed by atoms with Crippen LogP contribution in [0.1, 0.15) is 67.2 Å². The minimum atomic E-state index is -0.648. The Morgan fingerprint density at radius 3 is 2.24 bits per heavy atom. The highest BCUT2D eigenvalue weighted by Gasteiger charge is 2.34. The Morgan fingerprint density at radius 1 is 0.935 bits per heavy atom. The number of ether oxygens (including phenoxy) is 1. The number of hydrogen-bond donors (Lipinski definition) is 4. The number of aromatic nitrogens is 4. The minimum absolute atomic E-state index is 0.0790. The molecule has 1 aliphatic carbocycles. The first kappa shape index (κ1) is 30.9. The number of nitrogens with zero attached hydrogens (tertiary/aromatic N) is 6. The van der Waals surface area contributed by atoms with Gasteiger partial charge in [-0.15, -0.1) is 0 Å². The smallest absolute Gasteiger partial charge is 0.271 e. The maximum Gasteiger partial charge on any atom is 0.271 e. The summed E-state index contributed by atoms with van der Waals surface area (Å²) in [5, 5.41) is 14.3. The highest BCUT2D eigenvalue weighted by Crippen LogP contribution is 2.33. The van der Waals surface area contributed by atoms with E-state index >= 15 is 0 Å². The van der Waals surface area contributed by atoms with Crippen LogP contribution in [0.5, 0.6) is 0 Å². The number of piperazine rings is 1. The number of carbonyl (C=O) groups is 1. The molecular formula is C34H48N10O2. The van der Waals surface area contributed by atoms with Crippen molar-refractivity contribution < 1.29 is 9.53 Å². The van der Waals surface area contributed by atoms with E-state index in [1.54, 1.807) is 0 Å². The maximum atomic E-state index is 12.7. The Kier molecular flexibility index (Phi) is 9.10. The molecule has 1 amide bonds. The van der Waals surface area contributed by atoms with Gasteiger partial charge in [-0.25, -0.2) is 9.97 Å². The highest BCUT2D eigenvalue weighted by atomic mass is 16.5. The van der Waals surface area contributed by atoms with Crippen molar-refractivity contribution in [1.82, 2.24) is 30.0 Å². The lowest BCUT2D eigenvalue weighted by Gasteiger charge is -2.43. The van der Waals surface area contributed by atoms with Gasteiger partial charge < -0.3 is 26.0 Å². The van der Waals surface area contributed by atoms with Gasteiger partial charge in [0, 0.05) is 87.7 Å². The summed E-state index contributed by atoms with van der Waals surface area (Å²) < 4.78 is 5.56. The third-order valence-electron chi connectivity index (χ3n) is 10.1. The predicted octanol–water partition coefficient (Wildman–Crippen LogP) is 3.92. The van der Waals surface area contributed by atoms with Crippen molar-refractivity contribution >= 4 is 28.9 Å². The van der Waals surface area contributed by atoms with E-state index in [9.17, 15) is 4.79 Å². The van der Waals surface area contributed by atoms with Gasteiger partial charge >= 0.3 is 0 Å². The molecule has 46 heavy (non-hydrogen) atoms. The third kappa shape index (κ3) is 6.84. The van der Waals surface area contributed by atoms with Crippen LogP contribution in [0.4, 0.5) is 23.0 Å². The van der Waals surface area contributed by atoms with Crippen LogP contribution < -0.4 is 21.3 Å². The van der Waals surface area contributed by atoms with E-state index in [-0.39, 0.29) is 11.7 Å². The maximum absolute atomic E-state index is 12.7. The average Bonchev–Trinajstić information content (AvgIpc) is 3.85. The number of hydrogen-bond acceptors (Lipinski definition) is 10. The molecule has 5 N–H and O–H groups in total. The molecule has 0 atom stereocenters. The number of nitrogens with one attached hydrogen (secondary N) is 3. The van der Waals surface area contributed by atoms with Crippen LogP contribution >= 0.6 is 0 Å². The second-order valence-corrected chi connectivity index (χ2v) is 13.3. The fourth-order valence-electron chi connectivity index (χ4n) is 7.32. The van der Waals surface area contributed by atoms with E-state index in [1.165, 1.54) is 63.1 Å². The highest BCUT2D eigenvalue weighted by molar-refractivity contribution is 5.97. The van der Waals surface area contributed by atoms with Crippen molar-refractivity contribution in [2.45, 2.75) is 76.9 Å². The molecule has 4 fully saturated rings. The van der Waals surface area contributed by atoms with Crippen molar-refractivity contribution in [2.75, 3.05) is 68.0 Å². The summed E-state index contributed by atoms with van der Waals surface area (Å²) in [7, 11) is 0. The Bertz CT molecular complexity index is 1520. The van der Waals surface area contributed by atoms with Crippen LogP contribution in [-0.4, -0.2) is 106 Å². The Hall–Kier alpha value is -3.74. The molecule has 1 saturated carbocycles. The van der Waals surface area contributed by atoms with Crippen molar-refractivity contribution in [3.8, 4) is 11.4 Å². The lowest BCUT2D eigenvalue weighted by atomic mass is 9.99. The van der Waals surface area contributed by atoms with Gasteiger partial charge in [0.05, 0.1) is 0 Å². The molecule has 0 unspecified atom stereocenters. The summed E-state index contributed by atoms with van der Waals surface area (Å²) in [6.45, 7) is 12.5. The third-order valence-corrected chi connectivity index (χ3v) is 10.1. The molecule has 4 aliphatic rings. The normalized spacial score (nSPS) is 20.6. The van der Waals surface area contributed by atoms with Crippen LogP contribution in [0.15, 0.2) is 24.3 Å². The van der Waals surface area contributed by atoms with E-state index < -0.39 is 5.91 Å². The molecule has 2 aromatic heterocycles. The van der Waals surface area contributed by atoms with E-state index in [0.29, 0.717) is 42.3 Å². The number of nitrogens with two attached hydrogens (primary N) is 1. The van der Waals surface area contributed by atoms with E-state index in [0.717, 1.165) is 49.8 Å². The van der Waals surface area contributed by atoms with Gasteiger partial charge in [-0.05, 0) is 81.7 Å². The fourth-order valence-corrected chi connectivity index (χ4v) is 7.32. The monoisotopic (exact) mass is 628 g/mol. The molecule has 0 bridgehead atoms. The number of anilines is 4. The summed E-state index contributed by atoms with van der Waals surface area (Å²) in [5.74, 6) is 0.246. The Balaban J connectivity index is 1.08. The van der Waals surface area contributed by atoms with Crippen molar-refractivity contribution in [1.29, 1.82) is 0 Å². The first-order chi connectivity index (χ1) is 22.4. The summed E-state index contributed by atoms with van der Waals surface area (Å²) >= 11 is 0. The largest absolute Gasteiger partial charge is 0.381 e. The van der Waals surface area contributed by atoms with Gasteiger partial charge in [0.25, 0.3) is 5.91 Å². The zero-order valence-electron chi connectivity index (χ0n) is 27.2. The zero-order valence-corrected chi connectivity index (χ0v) is 27.2. The molecule has 0 radical (unpaired) electrons. The van der Waals surface area contributed by atoms with Crippen LogP contribution in [0.3, 0.4) is 0 Å². The number of aromatic amines is 1. The van der Waals surface area contributed by atoms with E-state index in [4.69, 9.17) is 20.4 Å². The number of primary amides is 1. The molecule has 12 heteroatoms. The number of rotatable bonds is 10. The second kappa shape index (κ2) is 13.5. The molecule has 246 valence electrons. The quantitative estimate of drug-likeness (QED) is 0.261. The first-order valence-corrected chi connectivity index (χ1v) is 17.2. The number of amides is 1. The minimum Gasteiger partial charge on any atom is -0.381 e. The summed E-state index contributed by atoms with van der Waals surface area (Å²) in [6.07, 6.45) is 7.82. The van der Waals surface area contributed by atoms with Crippen LogP contribution in [0, 0.1) is 6.92 Å². The standard InChI is InChI=1S/C34H48N10O2/c1-3-23-21-25(4-7-29(23)44-12-8-27(9-13-44)43-16-14-42(15-17-43)26-5-6-26)37-34-31(32(35)45)38-30(28-20-22(2)40-41-28)33(39-34)36-24-10-18-46-19-11-24/h4,7,20-21,24,26-27H,3,5-6,8-19H2,1-2H3,(H2,35,45)(H,40,41)(H2,36,37,39). The SMILES string of the molecule is CCc1cc(Nc2nc(NC3CCOCC3)c(-c3cc(C)[nH]n3)nc2C(N)=O)ccc1N1CCC(N2CCN(C3CC3)CC2)CC1. The molecule has 12 nitrogen and oxygen atoms in total. The van der Waals surface area contributed by atoms with Gasteiger partial charge in [0.2, 0.25) is 0 Å². The van der Waals surface area contributed by atoms with Crippen LogP contribution in [0.2, 0.25) is 0 Å².